The van der Waals surface area contributed by atoms with E-state index in [4.69, 9.17) is 5.73 Å². The Labute approximate surface area is 78.7 Å². The second-order valence-electron chi connectivity index (χ2n) is 4.44. The molecule has 0 saturated heterocycles. The molecule has 0 aromatic carbocycles. The average Bonchev–Trinajstić information content (AvgIpc) is 2.08. The molecule has 0 radical (unpaired) electrons. The van der Waals surface area contributed by atoms with Crippen LogP contribution in [-0.2, 0) is 0 Å². The molecule has 13 heavy (non-hydrogen) atoms. The van der Waals surface area contributed by atoms with Crippen molar-refractivity contribution in [3.63, 3.8) is 0 Å². The smallest absolute Gasteiger partial charge is 0.253 e. The molecule has 0 spiro atoms. The van der Waals surface area contributed by atoms with Crippen molar-refractivity contribution >= 4 is 0 Å². The summed E-state index contributed by atoms with van der Waals surface area (Å²) in [6, 6.07) is -0.907. The molecule has 78 valence electrons. The van der Waals surface area contributed by atoms with Gasteiger partial charge >= 0.3 is 0 Å². The maximum Gasteiger partial charge on any atom is 0.253 e. The summed E-state index contributed by atoms with van der Waals surface area (Å²) in [4.78, 5) is 0. The SMILES string of the molecule is CC1CCC(C(N)C(F)F)CC1C. The summed E-state index contributed by atoms with van der Waals surface area (Å²) in [6.45, 7) is 4.32. The molecule has 0 aromatic rings. The van der Waals surface area contributed by atoms with Crippen molar-refractivity contribution in [1.29, 1.82) is 0 Å². The van der Waals surface area contributed by atoms with Gasteiger partial charge in [0.2, 0.25) is 0 Å². The van der Waals surface area contributed by atoms with Gasteiger partial charge in [-0.05, 0) is 30.6 Å². The van der Waals surface area contributed by atoms with E-state index in [1.165, 1.54) is 0 Å². The van der Waals surface area contributed by atoms with Crippen molar-refractivity contribution in [3.8, 4) is 0 Å². The number of hydrogen-bond acceptors (Lipinski definition) is 1. The van der Waals surface area contributed by atoms with Crippen LogP contribution < -0.4 is 5.73 Å². The van der Waals surface area contributed by atoms with Crippen molar-refractivity contribution in [2.75, 3.05) is 0 Å². The van der Waals surface area contributed by atoms with E-state index in [1.54, 1.807) is 0 Å². The zero-order valence-corrected chi connectivity index (χ0v) is 8.34. The van der Waals surface area contributed by atoms with Crippen LogP contribution in [0.3, 0.4) is 0 Å². The van der Waals surface area contributed by atoms with Crippen molar-refractivity contribution < 1.29 is 8.78 Å². The number of hydrogen-bond donors (Lipinski definition) is 1. The maximum atomic E-state index is 12.3. The average molecular weight is 191 g/mol. The fourth-order valence-electron chi connectivity index (χ4n) is 2.14. The molecule has 4 unspecified atom stereocenters. The van der Waals surface area contributed by atoms with E-state index in [0.29, 0.717) is 11.8 Å². The van der Waals surface area contributed by atoms with E-state index in [9.17, 15) is 8.78 Å². The molecule has 0 amide bonds. The summed E-state index contributed by atoms with van der Waals surface area (Å²) in [5.41, 5.74) is 5.45. The standard InChI is InChI=1S/C10H19F2N/c1-6-3-4-8(5-7(6)2)9(13)10(11)12/h6-10H,3-5,13H2,1-2H3. The Hall–Kier alpha value is -0.180. The Balaban J connectivity index is 2.45. The highest BCUT2D eigenvalue weighted by molar-refractivity contribution is 4.82. The van der Waals surface area contributed by atoms with Gasteiger partial charge in [-0.2, -0.15) is 0 Å². The number of rotatable bonds is 2. The third-order valence-electron chi connectivity index (χ3n) is 3.47. The van der Waals surface area contributed by atoms with Crippen LogP contribution in [0, 0.1) is 17.8 Å². The normalized spacial score (nSPS) is 37.8. The zero-order chi connectivity index (χ0) is 10.0. The molecule has 4 atom stereocenters. The van der Waals surface area contributed by atoms with E-state index in [0.717, 1.165) is 19.3 Å². The van der Waals surface area contributed by atoms with Crippen LogP contribution in [0.5, 0.6) is 0 Å². The lowest BCUT2D eigenvalue weighted by atomic mass is 9.73. The monoisotopic (exact) mass is 191 g/mol. The molecule has 1 saturated carbocycles. The Bertz CT molecular complexity index is 161. The lowest BCUT2D eigenvalue weighted by Crippen LogP contribution is -2.40. The third kappa shape index (κ3) is 2.63. The first-order chi connectivity index (χ1) is 6.02. The molecule has 2 N–H and O–H groups in total. The minimum atomic E-state index is -2.36. The molecule has 0 aromatic heterocycles. The fraction of sp³-hybridized carbons (Fsp3) is 1.00. The first kappa shape index (κ1) is 10.9. The lowest BCUT2D eigenvalue weighted by molar-refractivity contribution is 0.0612. The van der Waals surface area contributed by atoms with Crippen LogP contribution >= 0.6 is 0 Å². The van der Waals surface area contributed by atoms with Gasteiger partial charge in [0, 0.05) is 0 Å². The molecule has 1 rings (SSSR count). The predicted octanol–water partition coefficient (Wildman–Crippen LogP) is 2.65. The van der Waals surface area contributed by atoms with Gasteiger partial charge in [-0.3, -0.25) is 0 Å². The Morgan fingerprint density at radius 3 is 2.23 bits per heavy atom. The summed E-state index contributed by atoms with van der Waals surface area (Å²) in [6.07, 6.45) is 0.432. The van der Waals surface area contributed by atoms with E-state index < -0.39 is 12.5 Å². The van der Waals surface area contributed by atoms with Crippen molar-refractivity contribution in [2.24, 2.45) is 23.5 Å². The van der Waals surface area contributed by atoms with Gasteiger partial charge in [0.25, 0.3) is 6.43 Å². The van der Waals surface area contributed by atoms with Gasteiger partial charge in [0.1, 0.15) is 0 Å². The molecule has 1 fully saturated rings. The second-order valence-corrected chi connectivity index (χ2v) is 4.44. The van der Waals surface area contributed by atoms with Crippen LogP contribution in [0.2, 0.25) is 0 Å². The number of nitrogens with two attached hydrogens (primary N) is 1. The number of halogens is 2. The second kappa shape index (κ2) is 4.36. The lowest BCUT2D eigenvalue weighted by Gasteiger charge is -2.34. The minimum absolute atomic E-state index is 0.0335. The first-order valence-corrected chi connectivity index (χ1v) is 5.06. The van der Waals surface area contributed by atoms with Gasteiger partial charge in [0.15, 0.2) is 0 Å². The van der Waals surface area contributed by atoms with E-state index in [-0.39, 0.29) is 5.92 Å². The van der Waals surface area contributed by atoms with Crippen molar-refractivity contribution in [2.45, 2.75) is 45.6 Å². The molecule has 1 nitrogen and oxygen atoms in total. The Morgan fingerprint density at radius 2 is 1.77 bits per heavy atom. The molecule has 1 aliphatic rings. The quantitative estimate of drug-likeness (QED) is 0.713. The van der Waals surface area contributed by atoms with Gasteiger partial charge in [-0.15, -0.1) is 0 Å². The largest absolute Gasteiger partial charge is 0.323 e. The van der Waals surface area contributed by atoms with Gasteiger partial charge in [-0.25, -0.2) is 8.78 Å². The van der Waals surface area contributed by atoms with Crippen molar-refractivity contribution in [3.05, 3.63) is 0 Å². The Morgan fingerprint density at radius 1 is 1.15 bits per heavy atom. The van der Waals surface area contributed by atoms with E-state index in [2.05, 4.69) is 13.8 Å². The molecule has 0 aliphatic heterocycles. The molecule has 1 aliphatic carbocycles. The molecule has 3 heteroatoms. The molecular formula is C10H19F2N. The Kier molecular flexibility index (Phi) is 3.65. The van der Waals surface area contributed by atoms with Crippen molar-refractivity contribution in [1.82, 2.24) is 0 Å². The van der Waals surface area contributed by atoms with Gasteiger partial charge in [0.05, 0.1) is 6.04 Å². The summed E-state index contributed by atoms with van der Waals surface area (Å²) in [5, 5.41) is 0. The maximum absolute atomic E-state index is 12.3. The van der Waals surface area contributed by atoms with Crippen LogP contribution in [-0.4, -0.2) is 12.5 Å². The van der Waals surface area contributed by atoms with E-state index >= 15 is 0 Å². The van der Waals surface area contributed by atoms with Crippen LogP contribution in [0.4, 0.5) is 8.78 Å². The summed E-state index contributed by atoms with van der Waals surface area (Å²) in [5.74, 6) is 1.25. The summed E-state index contributed by atoms with van der Waals surface area (Å²) >= 11 is 0. The third-order valence-corrected chi connectivity index (χ3v) is 3.47. The highest BCUT2D eigenvalue weighted by Crippen LogP contribution is 2.35. The molecule has 0 bridgehead atoms. The van der Waals surface area contributed by atoms with Crippen LogP contribution in [0.1, 0.15) is 33.1 Å². The fourth-order valence-corrected chi connectivity index (χ4v) is 2.14. The highest BCUT2D eigenvalue weighted by atomic mass is 19.3. The van der Waals surface area contributed by atoms with Crippen LogP contribution in [0.15, 0.2) is 0 Å². The highest BCUT2D eigenvalue weighted by Gasteiger charge is 2.32. The van der Waals surface area contributed by atoms with E-state index in [1.807, 2.05) is 0 Å². The van der Waals surface area contributed by atoms with Gasteiger partial charge < -0.3 is 5.73 Å². The number of alkyl halides is 2. The molecule has 0 heterocycles. The van der Waals surface area contributed by atoms with Gasteiger partial charge in [-0.1, -0.05) is 20.3 Å². The van der Waals surface area contributed by atoms with Crippen LogP contribution in [0.25, 0.3) is 0 Å². The summed E-state index contributed by atoms with van der Waals surface area (Å²) in [7, 11) is 0. The predicted molar refractivity (Wildman–Crippen MR) is 49.6 cm³/mol. The topological polar surface area (TPSA) is 26.0 Å². The summed E-state index contributed by atoms with van der Waals surface area (Å²) < 4.78 is 24.6. The minimum Gasteiger partial charge on any atom is -0.323 e. The first-order valence-electron chi connectivity index (χ1n) is 5.06. The zero-order valence-electron chi connectivity index (χ0n) is 8.34. The molecular weight excluding hydrogens is 172 g/mol.